The standard InChI is InChI=1S/C22H26N4O4/c1-4-11-23-21(28)22(29)26-24-13-17-7-5-6-8-19(17)30-14-20(27)25-18-10-9-15(2)12-16(18)3/h5-10,12-13H,4,11,14H2,1-3H3,(H,23,28)(H,25,27)(H,26,29)/b24-13-. The van der Waals surface area contributed by atoms with Gasteiger partial charge in [0.1, 0.15) is 5.75 Å². The molecule has 8 heteroatoms. The van der Waals surface area contributed by atoms with Gasteiger partial charge in [0, 0.05) is 17.8 Å². The van der Waals surface area contributed by atoms with Crippen molar-refractivity contribution in [2.24, 2.45) is 5.10 Å². The largest absolute Gasteiger partial charge is 0.483 e. The Morgan fingerprint density at radius 3 is 2.57 bits per heavy atom. The molecule has 0 radical (unpaired) electrons. The van der Waals surface area contributed by atoms with E-state index in [0.717, 1.165) is 23.2 Å². The molecule has 0 aliphatic carbocycles. The first-order chi connectivity index (χ1) is 14.4. The molecule has 0 unspecified atom stereocenters. The van der Waals surface area contributed by atoms with Gasteiger partial charge < -0.3 is 15.4 Å². The smallest absolute Gasteiger partial charge is 0.329 e. The summed E-state index contributed by atoms with van der Waals surface area (Å²) in [5, 5.41) is 9.05. The summed E-state index contributed by atoms with van der Waals surface area (Å²) >= 11 is 0. The number of aryl methyl sites for hydroxylation is 2. The van der Waals surface area contributed by atoms with E-state index in [1.54, 1.807) is 24.3 Å². The molecule has 0 spiro atoms. The molecule has 3 amide bonds. The molecule has 0 saturated heterocycles. The summed E-state index contributed by atoms with van der Waals surface area (Å²) in [6.45, 7) is 6.02. The van der Waals surface area contributed by atoms with E-state index in [1.807, 2.05) is 39.0 Å². The number of hydrogen-bond donors (Lipinski definition) is 3. The molecule has 2 aromatic carbocycles. The highest BCUT2D eigenvalue weighted by Crippen LogP contribution is 2.17. The molecule has 30 heavy (non-hydrogen) atoms. The zero-order chi connectivity index (χ0) is 21.9. The highest BCUT2D eigenvalue weighted by atomic mass is 16.5. The third-order valence-corrected chi connectivity index (χ3v) is 4.05. The van der Waals surface area contributed by atoms with Crippen molar-refractivity contribution in [2.45, 2.75) is 27.2 Å². The van der Waals surface area contributed by atoms with Crippen LogP contribution in [0.2, 0.25) is 0 Å². The number of anilines is 1. The van der Waals surface area contributed by atoms with Gasteiger partial charge in [-0.2, -0.15) is 5.10 Å². The number of hydrazone groups is 1. The Bertz CT molecular complexity index is 940. The summed E-state index contributed by atoms with van der Waals surface area (Å²) in [5.41, 5.74) is 5.52. The number of carbonyl (C=O) groups excluding carboxylic acids is 3. The Kier molecular flexibility index (Phi) is 8.56. The van der Waals surface area contributed by atoms with Gasteiger partial charge in [-0.1, -0.05) is 36.8 Å². The lowest BCUT2D eigenvalue weighted by molar-refractivity contribution is -0.139. The third kappa shape index (κ3) is 7.05. The molecule has 0 saturated carbocycles. The van der Waals surface area contributed by atoms with E-state index in [-0.39, 0.29) is 12.5 Å². The van der Waals surface area contributed by atoms with Gasteiger partial charge in [0.05, 0.1) is 6.21 Å². The molecule has 0 aliphatic rings. The number of hydrogen-bond acceptors (Lipinski definition) is 5. The van der Waals surface area contributed by atoms with Crippen molar-refractivity contribution in [1.82, 2.24) is 10.7 Å². The Labute approximate surface area is 175 Å². The molecule has 0 atom stereocenters. The summed E-state index contributed by atoms with van der Waals surface area (Å²) < 4.78 is 5.60. The number of rotatable bonds is 8. The fourth-order valence-corrected chi connectivity index (χ4v) is 2.53. The predicted molar refractivity (Wildman–Crippen MR) is 116 cm³/mol. The summed E-state index contributed by atoms with van der Waals surface area (Å²) in [6, 6.07) is 12.7. The lowest BCUT2D eigenvalue weighted by atomic mass is 10.1. The average molecular weight is 410 g/mol. The van der Waals surface area contributed by atoms with Crippen molar-refractivity contribution in [3.63, 3.8) is 0 Å². The minimum absolute atomic E-state index is 0.191. The summed E-state index contributed by atoms with van der Waals surface area (Å²) in [7, 11) is 0. The van der Waals surface area contributed by atoms with Crippen molar-refractivity contribution >= 4 is 29.6 Å². The van der Waals surface area contributed by atoms with E-state index in [4.69, 9.17) is 4.74 Å². The zero-order valence-corrected chi connectivity index (χ0v) is 17.3. The lowest BCUT2D eigenvalue weighted by Gasteiger charge is -2.11. The summed E-state index contributed by atoms with van der Waals surface area (Å²) in [4.78, 5) is 35.4. The van der Waals surface area contributed by atoms with Crippen LogP contribution in [0.1, 0.15) is 30.0 Å². The van der Waals surface area contributed by atoms with Gasteiger partial charge in [0.25, 0.3) is 5.91 Å². The Morgan fingerprint density at radius 1 is 1.07 bits per heavy atom. The maximum absolute atomic E-state index is 12.2. The van der Waals surface area contributed by atoms with Gasteiger partial charge in [0.15, 0.2) is 6.61 Å². The number of benzene rings is 2. The van der Waals surface area contributed by atoms with Crippen LogP contribution in [0, 0.1) is 13.8 Å². The Morgan fingerprint density at radius 2 is 1.83 bits per heavy atom. The molecule has 0 aromatic heterocycles. The van der Waals surface area contributed by atoms with Gasteiger partial charge in [-0.25, -0.2) is 5.43 Å². The quantitative estimate of drug-likeness (QED) is 0.352. The van der Waals surface area contributed by atoms with Crippen LogP contribution in [0.4, 0.5) is 5.69 Å². The fraction of sp³-hybridized carbons (Fsp3) is 0.273. The van der Waals surface area contributed by atoms with Crippen molar-refractivity contribution < 1.29 is 19.1 Å². The minimum Gasteiger partial charge on any atom is -0.483 e. The maximum atomic E-state index is 12.2. The monoisotopic (exact) mass is 410 g/mol. The molecule has 8 nitrogen and oxygen atoms in total. The van der Waals surface area contributed by atoms with E-state index in [2.05, 4.69) is 21.2 Å². The van der Waals surface area contributed by atoms with Crippen LogP contribution < -0.4 is 20.8 Å². The predicted octanol–water partition coefficient (Wildman–Crippen LogP) is 2.30. The molecule has 0 bridgehead atoms. The number of nitrogens with zero attached hydrogens (tertiary/aromatic N) is 1. The van der Waals surface area contributed by atoms with E-state index in [9.17, 15) is 14.4 Å². The van der Waals surface area contributed by atoms with Gasteiger partial charge in [0.2, 0.25) is 0 Å². The van der Waals surface area contributed by atoms with E-state index in [1.165, 1.54) is 6.21 Å². The molecule has 158 valence electrons. The van der Waals surface area contributed by atoms with Crippen molar-refractivity contribution in [2.75, 3.05) is 18.5 Å². The molecule has 2 rings (SSSR count). The van der Waals surface area contributed by atoms with Crippen LogP contribution in [0.3, 0.4) is 0 Å². The molecule has 2 aromatic rings. The van der Waals surface area contributed by atoms with E-state index in [0.29, 0.717) is 17.9 Å². The maximum Gasteiger partial charge on any atom is 0.329 e. The Balaban J connectivity index is 1.92. The van der Waals surface area contributed by atoms with E-state index >= 15 is 0 Å². The van der Waals surface area contributed by atoms with Gasteiger partial charge in [-0.15, -0.1) is 0 Å². The van der Waals surface area contributed by atoms with E-state index < -0.39 is 11.8 Å². The first kappa shape index (κ1) is 22.6. The number of amides is 3. The van der Waals surface area contributed by atoms with Crippen molar-refractivity contribution in [1.29, 1.82) is 0 Å². The second kappa shape index (κ2) is 11.4. The SMILES string of the molecule is CCCNC(=O)C(=O)N/N=C\c1ccccc1OCC(=O)Nc1ccc(C)cc1C. The van der Waals surface area contributed by atoms with Crippen LogP contribution in [-0.2, 0) is 14.4 Å². The number of carbonyl (C=O) groups is 3. The first-order valence-corrected chi connectivity index (χ1v) is 9.61. The van der Waals surface area contributed by atoms with Crippen LogP contribution in [0.15, 0.2) is 47.6 Å². The molecule has 0 heterocycles. The zero-order valence-electron chi connectivity index (χ0n) is 17.3. The highest BCUT2D eigenvalue weighted by molar-refractivity contribution is 6.35. The van der Waals surface area contributed by atoms with Crippen LogP contribution in [0.25, 0.3) is 0 Å². The molecular formula is C22H26N4O4. The van der Waals surface area contributed by atoms with Crippen LogP contribution in [-0.4, -0.2) is 37.1 Å². The Hall–Kier alpha value is -3.68. The topological polar surface area (TPSA) is 109 Å². The molecule has 0 aliphatic heterocycles. The highest BCUT2D eigenvalue weighted by Gasteiger charge is 2.11. The first-order valence-electron chi connectivity index (χ1n) is 9.61. The average Bonchev–Trinajstić information content (AvgIpc) is 2.73. The van der Waals surface area contributed by atoms with Crippen LogP contribution in [0.5, 0.6) is 5.75 Å². The number of ether oxygens (including phenoxy) is 1. The van der Waals surface area contributed by atoms with Crippen molar-refractivity contribution in [3.05, 3.63) is 59.2 Å². The van der Waals surface area contributed by atoms with Gasteiger partial charge in [-0.05, 0) is 44.0 Å². The second-order valence-electron chi connectivity index (χ2n) is 6.65. The molecular weight excluding hydrogens is 384 g/mol. The normalized spacial score (nSPS) is 10.5. The fourth-order valence-electron chi connectivity index (χ4n) is 2.53. The van der Waals surface area contributed by atoms with Crippen molar-refractivity contribution in [3.8, 4) is 5.75 Å². The van der Waals surface area contributed by atoms with Crippen LogP contribution >= 0.6 is 0 Å². The summed E-state index contributed by atoms with van der Waals surface area (Å²) in [6.07, 6.45) is 2.08. The third-order valence-electron chi connectivity index (χ3n) is 4.05. The second-order valence-corrected chi connectivity index (χ2v) is 6.65. The summed E-state index contributed by atoms with van der Waals surface area (Å²) in [5.74, 6) is -1.48. The van der Waals surface area contributed by atoms with Gasteiger partial charge in [-0.3, -0.25) is 14.4 Å². The molecule has 3 N–H and O–H groups in total. The number of para-hydroxylation sites is 1. The molecule has 0 fully saturated rings. The minimum atomic E-state index is -0.856. The lowest BCUT2D eigenvalue weighted by Crippen LogP contribution is -2.38. The number of nitrogens with one attached hydrogen (secondary N) is 3. The van der Waals surface area contributed by atoms with Gasteiger partial charge >= 0.3 is 11.8 Å².